The molecule has 2 aromatic carbocycles. The quantitative estimate of drug-likeness (QED) is 0.551. The van der Waals surface area contributed by atoms with Gasteiger partial charge < -0.3 is 9.47 Å². The Bertz CT molecular complexity index is 754. The molecule has 1 aliphatic heterocycles. The van der Waals surface area contributed by atoms with Gasteiger partial charge in [0.2, 0.25) is 0 Å². The van der Waals surface area contributed by atoms with Crippen LogP contribution in [0.5, 0.6) is 0 Å². The molecule has 1 saturated heterocycles. The predicted octanol–water partition coefficient (Wildman–Crippen LogP) is 5.24. The maximum Gasteiger partial charge on any atom is 0.126 e. The Balaban J connectivity index is 1.60. The highest BCUT2D eigenvalue weighted by atomic mass is 16.7. The van der Waals surface area contributed by atoms with E-state index in [4.69, 9.17) is 9.47 Å². The SMILES string of the molecule is C=C(C)[C@H]1C[C@H](OCc2ccccc2)[C@]2(C)O[C@]2(c2ccccc2)C1. The van der Waals surface area contributed by atoms with E-state index in [1.54, 1.807) is 0 Å². The molecule has 0 N–H and O–H groups in total. The van der Waals surface area contributed by atoms with Gasteiger partial charge in [-0.1, -0.05) is 72.8 Å². The molecule has 25 heavy (non-hydrogen) atoms. The molecular formula is C23H26O2. The molecule has 1 saturated carbocycles. The van der Waals surface area contributed by atoms with Crippen molar-refractivity contribution in [1.82, 2.24) is 0 Å². The number of hydrogen-bond acceptors (Lipinski definition) is 2. The van der Waals surface area contributed by atoms with Gasteiger partial charge in [0.05, 0.1) is 12.7 Å². The first-order valence-corrected chi connectivity index (χ1v) is 9.12. The molecule has 2 aromatic rings. The van der Waals surface area contributed by atoms with Crippen LogP contribution < -0.4 is 0 Å². The second-order valence-corrected chi connectivity index (χ2v) is 7.67. The normalized spacial score (nSPS) is 33.5. The van der Waals surface area contributed by atoms with E-state index >= 15 is 0 Å². The fourth-order valence-electron chi connectivity index (χ4n) is 4.36. The summed E-state index contributed by atoms with van der Waals surface area (Å²) in [6, 6.07) is 21.0. The fourth-order valence-corrected chi connectivity index (χ4v) is 4.36. The van der Waals surface area contributed by atoms with E-state index in [1.807, 2.05) is 6.07 Å². The van der Waals surface area contributed by atoms with Crippen molar-refractivity contribution in [3.8, 4) is 0 Å². The van der Waals surface area contributed by atoms with E-state index in [1.165, 1.54) is 16.7 Å². The van der Waals surface area contributed by atoms with Gasteiger partial charge in [-0.25, -0.2) is 0 Å². The molecule has 130 valence electrons. The number of allylic oxidation sites excluding steroid dienone is 1. The van der Waals surface area contributed by atoms with E-state index in [-0.39, 0.29) is 17.3 Å². The minimum absolute atomic E-state index is 0.0726. The Morgan fingerprint density at radius 3 is 2.40 bits per heavy atom. The molecule has 0 amide bonds. The Hall–Kier alpha value is -1.90. The summed E-state index contributed by atoms with van der Waals surface area (Å²) in [5, 5.41) is 0. The summed E-state index contributed by atoms with van der Waals surface area (Å²) in [5.41, 5.74) is 3.19. The highest BCUT2D eigenvalue weighted by Gasteiger charge is 2.74. The zero-order valence-electron chi connectivity index (χ0n) is 15.1. The highest BCUT2D eigenvalue weighted by Crippen LogP contribution is 2.66. The van der Waals surface area contributed by atoms with Crippen LogP contribution in [0.2, 0.25) is 0 Å². The second-order valence-electron chi connectivity index (χ2n) is 7.67. The van der Waals surface area contributed by atoms with Crippen molar-refractivity contribution in [2.24, 2.45) is 5.92 Å². The standard InChI is InChI=1S/C23H26O2/c1-17(2)19-14-21(24-16-18-10-6-4-7-11-18)22(3)23(15-19,25-22)20-12-8-5-9-13-20/h4-13,19,21H,1,14-16H2,2-3H3/t19-,21-,22-,23-/m0/s1. The van der Waals surface area contributed by atoms with E-state index in [9.17, 15) is 0 Å². The summed E-state index contributed by atoms with van der Waals surface area (Å²) < 4.78 is 12.8. The first-order chi connectivity index (χ1) is 12.1. The summed E-state index contributed by atoms with van der Waals surface area (Å²) in [6.07, 6.45) is 2.05. The second kappa shape index (κ2) is 6.12. The lowest BCUT2D eigenvalue weighted by Gasteiger charge is -2.36. The maximum atomic E-state index is 6.45. The molecule has 0 unspecified atom stereocenters. The lowest BCUT2D eigenvalue weighted by atomic mass is 9.68. The molecule has 4 atom stereocenters. The third-order valence-corrected chi connectivity index (χ3v) is 6.02. The summed E-state index contributed by atoms with van der Waals surface area (Å²) in [7, 11) is 0. The van der Waals surface area contributed by atoms with Crippen LogP contribution in [-0.4, -0.2) is 11.7 Å². The van der Waals surface area contributed by atoms with Crippen LogP contribution in [0.3, 0.4) is 0 Å². The monoisotopic (exact) mass is 334 g/mol. The van der Waals surface area contributed by atoms with Crippen LogP contribution in [-0.2, 0) is 21.7 Å². The van der Waals surface area contributed by atoms with Crippen molar-refractivity contribution in [2.75, 3.05) is 0 Å². The molecule has 1 heterocycles. The van der Waals surface area contributed by atoms with Crippen molar-refractivity contribution >= 4 is 0 Å². The summed E-state index contributed by atoms with van der Waals surface area (Å²) in [6.45, 7) is 9.18. The third-order valence-electron chi connectivity index (χ3n) is 6.02. The Labute approximate surface area is 150 Å². The van der Waals surface area contributed by atoms with Gasteiger partial charge in [0.15, 0.2) is 0 Å². The van der Waals surface area contributed by atoms with Gasteiger partial charge >= 0.3 is 0 Å². The topological polar surface area (TPSA) is 21.8 Å². The third kappa shape index (κ3) is 2.74. The minimum Gasteiger partial charge on any atom is -0.370 e. The molecule has 0 spiro atoms. The summed E-state index contributed by atoms with van der Waals surface area (Å²) in [5.74, 6) is 0.427. The van der Waals surface area contributed by atoms with Gasteiger partial charge in [-0.2, -0.15) is 0 Å². The van der Waals surface area contributed by atoms with Crippen molar-refractivity contribution in [2.45, 2.75) is 50.6 Å². The van der Waals surface area contributed by atoms with E-state index < -0.39 is 0 Å². The zero-order valence-corrected chi connectivity index (χ0v) is 15.1. The molecule has 1 aliphatic carbocycles. The zero-order chi connectivity index (χ0) is 17.5. The van der Waals surface area contributed by atoms with Gasteiger partial charge in [0.1, 0.15) is 11.2 Å². The van der Waals surface area contributed by atoms with Crippen LogP contribution in [0.15, 0.2) is 72.8 Å². The van der Waals surface area contributed by atoms with Gasteiger partial charge in [-0.15, -0.1) is 0 Å². The lowest BCUT2D eigenvalue weighted by molar-refractivity contribution is -0.0263. The molecule has 2 nitrogen and oxygen atoms in total. The minimum atomic E-state index is -0.255. The van der Waals surface area contributed by atoms with Crippen LogP contribution in [0, 0.1) is 5.92 Å². The van der Waals surface area contributed by atoms with E-state index in [2.05, 4.69) is 75.0 Å². The van der Waals surface area contributed by atoms with Gasteiger partial charge in [0.25, 0.3) is 0 Å². The van der Waals surface area contributed by atoms with E-state index in [0.717, 1.165) is 12.8 Å². The van der Waals surface area contributed by atoms with Gasteiger partial charge in [0, 0.05) is 0 Å². The van der Waals surface area contributed by atoms with Crippen molar-refractivity contribution in [3.05, 3.63) is 83.9 Å². The number of rotatable bonds is 5. The van der Waals surface area contributed by atoms with Crippen LogP contribution in [0.4, 0.5) is 0 Å². The van der Waals surface area contributed by atoms with Crippen LogP contribution >= 0.6 is 0 Å². The van der Waals surface area contributed by atoms with Gasteiger partial charge in [-0.05, 0) is 43.7 Å². The number of epoxide rings is 1. The number of fused-ring (bicyclic) bond motifs is 1. The molecule has 4 rings (SSSR count). The molecule has 0 radical (unpaired) electrons. The molecule has 2 heteroatoms. The summed E-state index contributed by atoms with van der Waals surface area (Å²) in [4.78, 5) is 0. The Kier molecular flexibility index (Phi) is 4.05. The summed E-state index contributed by atoms with van der Waals surface area (Å²) >= 11 is 0. The average molecular weight is 334 g/mol. The maximum absolute atomic E-state index is 6.45. The first-order valence-electron chi connectivity index (χ1n) is 9.12. The molecule has 0 bridgehead atoms. The molecule has 0 aromatic heterocycles. The smallest absolute Gasteiger partial charge is 0.126 e. The Morgan fingerprint density at radius 2 is 1.76 bits per heavy atom. The molecule has 2 aliphatic rings. The lowest BCUT2D eigenvalue weighted by Crippen LogP contribution is -2.43. The fraction of sp³-hybridized carbons (Fsp3) is 0.391. The van der Waals surface area contributed by atoms with Crippen molar-refractivity contribution < 1.29 is 9.47 Å². The van der Waals surface area contributed by atoms with Crippen LogP contribution in [0.1, 0.15) is 37.8 Å². The Morgan fingerprint density at radius 1 is 1.12 bits per heavy atom. The van der Waals surface area contributed by atoms with Gasteiger partial charge in [-0.3, -0.25) is 0 Å². The molecule has 2 fully saturated rings. The van der Waals surface area contributed by atoms with Crippen molar-refractivity contribution in [3.63, 3.8) is 0 Å². The predicted molar refractivity (Wildman–Crippen MR) is 100 cm³/mol. The number of ether oxygens (including phenoxy) is 2. The first kappa shape index (κ1) is 16.6. The largest absolute Gasteiger partial charge is 0.370 e. The van der Waals surface area contributed by atoms with Crippen molar-refractivity contribution in [1.29, 1.82) is 0 Å². The van der Waals surface area contributed by atoms with Crippen LogP contribution in [0.25, 0.3) is 0 Å². The number of hydrogen-bond donors (Lipinski definition) is 0. The highest BCUT2D eigenvalue weighted by molar-refractivity contribution is 5.37. The van der Waals surface area contributed by atoms with E-state index in [0.29, 0.717) is 12.5 Å². The number of benzene rings is 2. The molecular weight excluding hydrogens is 308 g/mol. The average Bonchev–Trinajstić information content (AvgIpc) is 3.28.